The molecule has 17 heavy (non-hydrogen) atoms. The second-order valence-corrected chi connectivity index (χ2v) is 4.86. The molecule has 1 amide bonds. The zero-order chi connectivity index (χ0) is 13.7. The number of likely N-dealkylation sites (tertiary alicyclic amines) is 1. The van der Waals surface area contributed by atoms with Crippen molar-refractivity contribution < 1.29 is 9.53 Å². The Morgan fingerprint density at radius 3 is 2.18 bits per heavy atom. The SMILES string of the molecule is CC.CNC1(OC)CCN(C(C)=O)C(C)(C)C1. The van der Waals surface area contributed by atoms with Crippen LogP contribution in [-0.2, 0) is 9.53 Å². The van der Waals surface area contributed by atoms with Crippen molar-refractivity contribution in [2.75, 3.05) is 20.7 Å². The van der Waals surface area contributed by atoms with Gasteiger partial charge in [-0.3, -0.25) is 10.1 Å². The normalized spacial score (nSPS) is 27.1. The van der Waals surface area contributed by atoms with Crippen molar-refractivity contribution in [2.45, 2.75) is 58.7 Å². The van der Waals surface area contributed by atoms with Gasteiger partial charge in [0.15, 0.2) is 0 Å². The number of hydrogen-bond acceptors (Lipinski definition) is 3. The van der Waals surface area contributed by atoms with E-state index in [1.54, 1.807) is 14.0 Å². The topological polar surface area (TPSA) is 41.6 Å². The van der Waals surface area contributed by atoms with Crippen molar-refractivity contribution >= 4 is 5.91 Å². The molecule has 1 aliphatic rings. The molecule has 0 spiro atoms. The first-order chi connectivity index (χ1) is 7.87. The van der Waals surface area contributed by atoms with Crippen molar-refractivity contribution in [3.8, 4) is 0 Å². The Labute approximate surface area is 106 Å². The predicted octanol–water partition coefficient (Wildman–Crippen LogP) is 2.00. The molecule has 1 N–H and O–H groups in total. The molecule has 1 fully saturated rings. The molecule has 4 nitrogen and oxygen atoms in total. The van der Waals surface area contributed by atoms with Gasteiger partial charge in [-0.2, -0.15) is 0 Å². The van der Waals surface area contributed by atoms with Crippen LogP contribution >= 0.6 is 0 Å². The van der Waals surface area contributed by atoms with Crippen LogP contribution in [0.1, 0.15) is 47.5 Å². The molecule has 0 aliphatic carbocycles. The number of methoxy groups -OCH3 is 1. The maximum atomic E-state index is 11.5. The average Bonchev–Trinajstić information content (AvgIpc) is 2.29. The van der Waals surface area contributed by atoms with Crippen LogP contribution in [0.5, 0.6) is 0 Å². The molecule has 4 heteroatoms. The van der Waals surface area contributed by atoms with Crippen molar-refractivity contribution in [3.63, 3.8) is 0 Å². The van der Waals surface area contributed by atoms with Gasteiger partial charge in [0.05, 0.1) is 0 Å². The number of ether oxygens (including phenoxy) is 1. The molecule has 1 heterocycles. The van der Waals surface area contributed by atoms with Crippen LogP contribution in [-0.4, -0.2) is 42.8 Å². The summed E-state index contributed by atoms with van der Waals surface area (Å²) in [5.74, 6) is 0.140. The zero-order valence-corrected chi connectivity index (χ0v) is 12.4. The Morgan fingerprint density at radius 1 is 1.35 bits per heavy atom. The molecule has 0 saturated carbocycles. The summed E-state index contributed by atoms with van der Waals surface area (Å²) in [6, 6.07) is 0. The third kappa shape index (κ3) is 3.68. The summed E-state index contributed by atoms with van der Waals surface area (Å²) in [5.41, 5.74) is -0.432. The van der Waals surface area contributed by atoms with Crippen LogP contribution in [0.25, 0.3) is 0 Å². The summed E-state index contributed by atoms with van der Waals surface area (Å²) in [7, 11) is 3.62. The minimum atomic E-state index is -0.282. The van der Waals surface area contributed by atoms with E-state index in [-0.39, 0.29) is 17.2 Å². The fourth-order valence-electron chi connectivity index (χ4n) is 2.55. The number of piperidine rings is 1. The second-order valence-electron chi connectivity index (χ2n) is 4.86. The number of rotatable bonds is 2. The van der Waals surface area contributed by atoms with Crippen LogP contribution in [0, 0.1) is 0 Å². The van der Waals surface area contributed by atoms with Gasteiger partial charge in [0.2, 0.25) is 5.91 Å². The van der Waals surface area contributed by atoms with Crippen molar-refractivity contribution in [1.29, 1.82) is 0 Å². The Kier molecular flexibility index (Phi) is 6.13. The van der Waals surface area contributed by atoms with E-state index in [0.29, 0.717) is 0 Å². The summed E-state index contributed by atoms with van der Waals surface area (Å²) in [6.07, 6.45) is 1.65. The largest absolute Gasteiger partial charge is 0.364 e. The number of nitrogens with zero attached hydrogens (tertiary/aromatic N) is 1. The van der Waals surface area contributed by atoms with Gasteiger partial charge < -0.3 is 9.64 Å². The van der Waals surface area contributed by atoms with Crippen molar-refractivity contribution in [3.05, 3.63) is 0 Å². The lowest BCUT2D eigenvalue weighted by Gasteiger charge is -2.50. The number of amides is 1. The van der Waals surface area contributed by atoms with E-state index in [1.165, 1.54) is 0 Å². The van der Waals surface area contributed by atoms with E-state index in [9.17, 15) is 4.79 Å². The molecule has 1 saturated heterocycles. The molecule has 1 unspecified atom stereocenters. The van der Waals surface area contributed by atoms with Crippen LogP contribution in [0.15, 0.2) is 0 Å². The second kappa shape index (κ2) is 6.36. The maximum absolute atomic E-state index is 11.5. The Morgan fingerprint density at radius 2 is 1.88 bits per heavy atom. The first-order valence-electron chi connectivity index (χ1n) is 6.39. The van der Waals surface area contributed by atoms with E-state index in [4.69, 9.17) is 4.74 Å². The molecule has 0 aromatic carbocycles. The van der Waals surface area contributed by atoms with E-state index in [0.717, 1.165) is 19.4 Å². The average molecular weight is 244 g/mol. The Hall–Kier alpha value is -0.610. The van der Waals surface area contributed by atoms with Crippen molar-refractivity contribution in [2.24, 2.45) is 0 Å². The number of carbonyl (C=O) groups excluding carboxylic acids is 1. The fraction of sp³-hybridized carbons (Fsp3) is 0.923. The fourth-order valence-corrected chi connectivity index (χ4v) is 2.55. The molecule has 0 aromatic heterocycles. The van der Waals surface area contributed by atoms with E-state index in [1.807, 2.05) is 25.8 Å². The third-order valence-corrected chi connectivity index (χ3v) is 3.41. The highest BCUT2D eigenvalue weighted by Crippen LogP contribution is 2.34. The van der Waals surface area contributed by atoms with Crippen LogP contribution in [0.2, 0.25) is 0 Å². The number of carbonyl (C=O) groups is 1. The van der Waals surface area contributed by atoms with Gasteiger partial charge in [0.1, 0.15) is 5.72 Å². The highest BCUT2D eigenvalue weighted by molar-refractivity contribution is 5.74. The molecule has 1 rings (SSSR count). The lowest BCUT2D eigenvalue weighted by Crippen LogP contribution is -2.62. The summed E-state index contributed by atoms with van der Waals surface area (Å²) in [4.78, 5) is 13.4. The molecule has 0 aromatic rings. The van der Waals surface area contributed by atoms with Gasteiger partial charge in [-0.15, -0.1) is 0 Å². The minimum Gasteiger partial charge on any atom is -0.364 e. The highest BCUT2D eigenvalue weighted by atomic mass is 16.5. The lowest BCUT2D eigenvalue weighted by molar-refractivity contribution is -0.151. The smallest absolute Gasteiger partial charge is 0.219 e. The number of hydrogen-bond donors (Lipinski definition) is 1. The van der Waals surface area contributed by atoms with Gasteiger partial charge in [-0.1, -0.05) is 13.8 Å². The first kappa shape index (κ1) is 16.4. The lowest BCUT2D eigenvalue weighted by atomic mass is 9.84. The van der Waals surface area contributed by atoms with Crippen LogP contribution < -0.4 is 5.32 Å². The third-order valence-electron chi connectivity index (χ3n) is 3.41. The number of nitrogens with one attached hydrogen (secondary N) is 1. The Balaban J connectivity index is 0.00000121. The summed E-state index contributed by atoms with van der Waals surface area (Å²) in [6.45, 7) is 10.5. The van der Waals surface area contributed by atoms with Crippen LogP contribution in [0.4, 0.5) is 0 Å². The van der Waals surface area contributed by atoms with E-state index >= 15 is 0 Å². The van der Waals surface area contributed by atoms with Gasteiger partial charge in [-0.25, -0.2) is 0 Å². The maximum Gasteiger partial charge on any atom is 0.219 e. The van der Waals surface area contributed by atoms with Crippen LogP contribution in [0.3, 0.4) is 0 Å². The molecule has 102 valence electrons. The predicted molar refractivity (Wildman–Crippen MR) is 70.8 cm³/mol. The molecular formula is C13H28N2O2. The minimum absolute atomic E-state index is 0.140. The quantitative estimate of drug-likeness (QED) is 0.755. The highest BCUT2D eigenvalue weighted by Gasteiger charge is 2.44. The summed E-state index contributed by atoms with van der Waals surface area (Å²) >= 11 is 0. The summed E-state index contributed by atoms with van der Waals surface area (Å²) < 4.78 is 5.54. The Bertz CT molecular complexity index is 248. The standard InChI is InChI=1S/C11H22N2O2.C2H6/c1-9(14)13-7-6-11(12-4,15-5)8-10(13,2)3;1-2/h12H,6-8H2,1-5H3;1-2H3. The molecule has 0 radical (unpaired) electrons. The van der Waals surface area contributed by atoms with E-state index < -0.39 is 0 Å². The molecule has 0 bridgehead atoms. The molecular weight excluding hydrogens is 216 g/mol. The molecule has 1 atom stereocenters. The van der Waals surface area contributed by atoms with Gasteiger partial charge in [0, 0.05) is 39.0 Å². The zero-order valence-electron chi connectivity index (χ0n) is 12.4. The van der Waals surface area contributed by atoms with Gasteiger partial charge >= 0.3 is 0 Å². The first-order valence-corrected chi connectivity index (χ1v) is 6.39. The van der Waals surface area contributed by atoms with Gasteiger partial charge in [-0.05, 0) is 20.9 Å². The van der Waals surface area contributed by atoms with E-state index in [2.05, 4.69) is 19.2 Å². The van der Waals surface area contributed by atoms with Crippen molar-refractivity contribution in [1.82, 2.24) is 10.2 Å². The molecule has 1 aliphatic heterocycles. The summed E-state index contributed by atoms with van der Waals surface area (Å²) in [5, 5.41) is 3.22. The monoisotopic (exact) mass is 244 g/mol. The van der Waals surface area contributed by atoms with Gasteiger partial charge in [0.25, 0.3) is 0 Å².